The fourth-order valence-corrected chi connectivity index (χ4v) is 5.71. The summed E-state index contributed by atoms with van der Waals surface area (Å²) in [5, 5.41) is 4.88. The second-order valence-corrected chi connectivity index (χ2v) is 10.4. The minimum Gasteiger partial charge on any atom is -0.341 e. The summed E-state index contributed by atoms with van der Waals surface area (Å²) in [6.07, 6.45) is 1.84. The van der Waals surface area contributed by atoms with Crippen LogP contribution < -0.4 is 5.32 Å². The minimum absolute atomic E-state index is 0.00937. The SMILES string of the molecule is Cc1c(C(=O)NC(C(=O)N2CCC(c3ccc(Cl)cc3)CC2)C(C)C)sc2ccccc12. The topological polar surface area (TPSA) is 49.4 Å². The fraction of sp³-hybridized carbons (Fsp3) is 0.385. The Bertz CT molecular complexity index is 1110. The highest BCUT2D eigenvalue weighted by molar-refractivity contribution is 7.21. The normalized spacial score (nSPS) is 15.8. The van der Waals surface area contributed by atoms with E-state index in [0.29, 0.717) is 23.9 Å². The van der Waals surface area contributed by atoms with Gasteiger partial charge in [-0.25, -0.2) is 0 Å². The highest BCUT2D eigenvalue weighted by Gasteiger charge is 2.32. The molecule has 1 N–H and O–H groups in total. The Morgan fingerprint density at radius 1 is 1.06 bits per heavy atom. The van der Waals surface area contributed by atoms with Crippen LogP contribution >= 0.6 is 22.9 Å². The van der Waals surface area contributed by atoms with E-state index in [-0.39, 0.29) is 17.7 Å². The first-order valence-corrected chi connectivity index (χ1v) is 12.4. The Labute approximate surface area is 198 Å². The van der Waals surface area contributed by atoms with Gasteiger partial charge in [0.25, 0.3) is 5.91 Å². The van der Waals surface area contributed by atoms with Gasteiger partial charge in [-0.05, 0) is 66.3 Å². The van der Waals surface area contributed by atoms with Crippen LogP contribution in [0.25, 0.3) is 10.1 Å². The number of rotatable bonds is 5. The molecule has 6 heteroatoms. The van der Waals surface area contributed by atoms with E-state index in [1.807, 2.05) is 62.1 Å². The van der Waals surface area contributed by atoms with E-state index in [0.717, 1.165) is 33.5 Å². The summed E-state index contributed by atoms with van der Waals surface area (Å²) < 4.78 is 1.09. The Kier molecular flexibility index (Phi) is 6.87. The van der Waals surface area contributed by atoms with Crippen molar-refractivity contribution in [1.82, 2.24) is 10.2 Å². The molecule has 1 aliphatic rings. The zero-order chi connectivity index (χ0) is 22.8. The predicted octanol–water partition coefficient (Wildman–Crippen LogP) is 6.02. The van der Waals surface area contributed by atoms with Crippen molar-refractivity contribution in [2.45, 2.75) is 45.6 Å². The zero-order valence-corrected chi connectivity index (χ0v) is 20.3. The second kappa shape index (κ2) is 9.63. The molecular weight excluding hydrogens is 440 g/mol. The third-order valence-electron chi connectivity index (χ3n) is 6.42. The van der Waals surface area contributed by atoms with Crippen molar-refractivity contribution in [3.8, 4) is 0 Å². The summed E-state index contributed by atoms with van der Waals surface area (Å²) in [5.74, 6) is 0.299. The highest BCUT2D eigenvalue weighted by atomic mass is 35.5. The van der Waals surface area contributed by atoms with E-state index in [2.05, 4.69) is 17.4 Å². The molecule has 168 valence electrons. The number of hydrogen-bond donors (Lipinski definition) is 1. The molecule has 4 rings (SSSR count). The first kappa shape index (κ1) is 22.8. The van der Waals surface area contributed by atoms with E-state index in [9.17, 15) is 9.59 Å². The van der Waals surface area contributed by atoms with Gasteiger partial charge in [-0.3, -0.25) is 9.59 Å². The molecule has 1 fully saturated rings. The molecule has 3 aromatic rings. The molecule has 4 nitrogen and oxygen atoms in total. The summed E-state index contributed by atoms with van der Waals surface area (Å²) in [4.78, 5) is 29.1. The summed E-state index contributed by atoms with van der Waals surface area (Å²) in [6, 6.07) is 15.5. The summed E-state index contributed by atoms with van der Waals surface area (Å²) in [5.41, 5.74) is 2.25. The Hall–Kier alpha value is -2.37. The first-order chi connectivity index (χ1) is 15.3. The van der Waals surface area contributed by atoms with Crippen molar-refractivity contribution < 1.29 is 9.59 Å². The molecule has 0 spiro atoms. The number of amides is 2. The van der Waals surface area contributed by atoms with E-state index in [1.54, 1.807) is 0 Å². The van der Waals surface area contributed by atoms with Crippen LogP contribution in [-0.4, -0.2) is 35.8 Å². The molecule has 1 saturated heterocycles. The van der Waals surface area contributed by atoms with Gasteiger partial charge in [0, 0.05) is 22.8 Å². The van der Waals surface area contributed by atoms with Gasteiger partial charge in [-0.1, -0.05) is 55.8 Å². The number of benzene rings is 2. The lowest BCUT2D eigenvalue weighted by Gasteiger charge is -2.35. The number of halogens is 1. The minimum atomic E-state index is -0.529. The van der Waals surface area contributed by atoms with Crippen molar-refractivity contribution in [2.75, 3.05) is 13.1 Å². The lowest BCUT2D eigenvalue weighted by Crippen LogP contribution is -2.52. The maximum atomic E-state index is 13.3. The van der Waals surface area contributed by atoms with Gasteiger partial charge in [0.15, 0.2) is 0 Å². The van der Waals surface area contributed by atoms with Gasteiger partial charge < -0.3 is 10.2 Å². The van der Waals surface area contributed by atoms with Crippen LogP contribution in [0.5, 0.6) is 0 Å². The van der Waals surface area contributed by atoms with Gasteiger partial charge in [0.2, 0.25) is 5.91 Å². The quantitative estimate of drug-likeness (QED) is 0.497. The van der Waals surface area contributed by atoms with Crippen molar-refractivity contribution in [2.24, 2.45) is 5.92 Å². The van der Waals surface area contributed by atoms with Crippen molar-refractivity contribution in [3.05, 3.63) is 69.6 Å². The van der Waals surface area contributed by atoms with Gasteiger partial charge in [-0.2, -0.15) is 0 Å². The monoisotopic (exact) mass is 468 g/mol. The number of hydrogen-bond acceptors (Lipinski definition) is 3. The van der Waals surface area contributed by atoms with E-state index in [4.69, 9.17) is 11.6 Å². The standard InChI is InChI=1S/C26H29ClN2O2S/c1-16(2)23(28-25(30)24-17(3)21-6-4-5-7-22(21)32-24)26(31)29-14-12-19(13-15-29)18-8-10-20(27)11-9-18/h4-11,16,19,23H,12-15H2,1-3H3,(H,28,30). The molecule has 1 unspecified atom stereocenters. The van der Waals surface area contributed by atoms with Crippen LogP contribution in [0, 0.1) is 12.8 Å². The number of carbonyl (C=O) groups excluding carboxylic acids is 2. The number of fused-ring (bicyclic) bond motifs is 1. The van der Waals surface area contributed by atoms with Crippen molar-refractivity contribution >= 4 is 44.8 Å². The first-order valence-electron chi connectivity index (χ1n) is 11.2. The largest absolute Gasteiger partial charge is 0.341 e. The Morgan fingerprint density at radius 3 is 2.34 bits per heavy atom. The Balaban J connectivity index is 1.43. The number of nitrogens with one attached hydrogen (secondary N) is 1. The van der Waals surface area contributed by atoms with Crippen molar-refractivity contribution in [1.29, 1.82) is 0 Å². The van der Waals surface area contributed by atoms with Crippen LogP contribution in [0.3, 0.4) is 0 Å². The van der Waals surface area contributed by atoms with Gasteiger partial charge in [0.1, 0.15) is 6.04 Å². The highest BCUT2D eigenvalue weighted by Crippen LogP contribution is 2.31. The molecule has 1 atom stereocenters. The Morgan fingerprint density at radius 2 is 1.72 bits per heavy atom. The number of aryl methyl sites for hydroxylation is 1. The predicted molar refractivity (Wildman–Crippen MR) is 133 cm³/mol. The van der Waals surface area contributed by atoms with Crippen LogP contribution in [0.4, 0.5) is 0 Å². The van der Waals surface area contributed by atoms with Crippen LogP contribution in [0.1, 0.15) is 53.4 Å². The van der Waals surface area contributed by atoms with E-state index >= 15 is 0 Å². The lowest BCUT2D eigenvalue weighted by atomic mass is 9.89. The molecule has 2 aromatic carbocycles. The van der Waals surface area contributed by atoms with Gasteiger partial charge in [0.05, 0.1) is 4.88 Å². The van der Waals surface area contributed by atoms with Gasteiger partial charge in [-0.15, -0.1) is 11.3 Å². The maximum absolute atomic E-state index is 13.3. The summed E-state index contributed by atoms with van der Waals surface area (Å²) in [6.45, 7) is 7.35. The molecule has 0 aliphatic carbocycles. The van der Waals surface area contributed by atoms with E-state index < -0.39 is 6.04 Å². The lowest BCUT2D eigenvalue weighted by molar-refractivity contribution is -0.135. The number of piperidine rings is 1. The molecular formula is C26H29ClN2O2S. The molecule has 0 bridgehead atoms. The molecule has 1 aromatic heterocycles. The average Bonchev–Trinajstić information content (AvgIpc) is 3.14. The molecule has 2 amide bonds. The number of thiophene rings is 1. The number of likely N-dealkylation sites (tertiary alicyclic amines) is 1. The molecule has 32 heavy (non-hydrogen) atoms. The number of nitrogens with zero attached hydrogens (tertiary/aromatic N) is 1. The van der Waals surface area contributed by atoms with Crippen molar-refractivity contribution in [3.63, 3.8) is 0 Å². The third kappa shape index (κ3) is 4.69. The average molecular weight is 469 g/mol. The van der Waals surface area contributed by atoms with Gasteiger partial charge >= 0.3 is 0 Å². The molecule has 0 saturated carbocycles. The van der Waals surface area contributed by atoms with Crippen LogP contribution in [0.2, 0.25) is 5.02 Å². The molecule has 0 radical (unpaired) electrons. The number of carbonyl (C=O) groups is 2. The summed E-state index contributed by atoms with van der Waals surface area (Å²) >= 11 is 7.50. The fourth-order valence-electron chi connectivity index (χ4n) is 4.48. The zero-order valence-electron chi connectivity index (χ0n) is 18.7. The third-order valence-corrected chi connectivity index (χ3v) is 7.94. The maximum Gasteiger partial charge on any atom is 0.262 e. The van der Waals surface area contributed by atoms with Crippen LogP contribution in [-0.2, 0) is 4.79 Å². The molecule has 2 heterocycles. The van der Waals surface area contributed by atoms with E-state index in [1.165, 1.54) is 16.9 Å². The molecule has 1 aliphatic heterocycles. The summed E-state index contributed by atoms with van der Waals surface area (Å²) in [7, 11) is 0. The second-order valence-electron chi connectivity index (χ2n) is 8.90. The smallest absolute Gasteiger partial charge is 0.262 e. The van der Waals surface area contributed by atoms with Crippen LogP contribution in [0.15, 0.2) is 48.5 Å².